The number of nitrogens with zero attached hydrogens (tertiary/aromatic N) is 3. The second kappa shape index (κ2) is 10.7. The summed E-state index contributed by atoms with van der Waals surface area (Å²) in [6, 6.07) is 8.00. The fraction of sp³-hybridized carbons (Fsp3) is 0.350. The third-order valence-corrected chi connectivity index (χ3v) is 5.67. The van der Waals surface area contributed by atoms with Crippen molar-refractivity contribution >= 4 is 42.1 Å². The summed E-state index contributed by atoms with van der Waals surface area (Å²) in [6.07, 6.45) is 3.63. The lowest BCUT2D eigenvalue weighted by atomic mass is 9.99. The summed E-state index contributed by atoms with van der Waals surface area (Å²) in [6.45, 7) is 6.54. The number of carbonyl (C=O) groups excluding carboxylic acids is 1. The van der Waals surface area contributed by atoms with Crippen LogP contribution in [0.15, 0.2) is 36.7 Å². The summed E-state index contributed by atoms with van der Waals surface area (Å²) in [5.41, 5.74) is 10.2. The van der Waals surface area contributed by atoms with Crippen LogP contribution in [0.25, 0.3) is 10.6 Å². The van der Waals surface area contributed by atoms with E-state index in [-0.39, 0.29) is 36.8 Å². The quantitative estimate of drug-likeness (QED) is 0.581. The minimum atomic E-state index is -0.249. The Kier molecular flexibility index (Phi) is 9.29. The standard InChI is InChI=1S/C20H25N5OS.2ClH/c1-12(2)14-5-7-15(8-6-14)17(21)10-22-19(26)18-13(3)24-20(27-18)16-9-23-25(4)11-16;;/h5-9,11-12,17H,10,21H2,1-4H3,(H,22,26);2*1H. The van der Waals surface area contributed by atoms with Crippen LogP contribution in [-0.2, 0) is 7.05 Å². The number of aryl methyl sites for hydroxylation is 2. The van der Waals surface area contributed by atoms with E-state index in [1.54, 1.807) is 10.9 Å². The molecular weight excluding hydrogens is 429 g/mol. The van der Waals surface area contributed by atoms with E-state index < -0.39 is 0 Å². The largest absolute Gasteiger partial charge is 0.349 e. The van der Waals surface area contributed by atoms with Crippen LogP contribution in [0.2, 0.25) is 0 Å². The van der Waals surface area contributed by atoms with Crippen LogP contribution in [0.4, 0.5) is 0 Å². The van der Waals surface area contributed by atoms with Gasteiger partial charge in [0.1, 0.15) is 9.88 Å². The van der Waals surface area contributed by atoms with Crippen molar-refractivity contribution < 1.29 is 4.79 Å². The number of aromatic nitrogens is 3. The van der Waals surface area contributed by atoms with Crippen LogP contribution in [0, 0.1) is 6.92 Å². The molecule has 1 unspecified atom stereocenters. The fourth-order valence-electron chi connectivity index (χ4n) is 2.79. The van der Waals surface area contributed by atoms with Crippen molar-refractivity contribution in [2.45, 2.75) is 32.7 Å². The summed E-state index contributed by atoms with van der Waals surface area (Å²) in [5.74, 6) is 0.340. The van der Waals surface area contributed by atoms with E-state index in [4.69, 9.17) is 5.73 Å². The molecular formula is C20H27Cl2N5OS. The van der Waals surface area contributed by atoms with Crippen molar-refractivity contribution in [1.82, 2.24) is 20.1 Å². The Hall–Kier alpha value is -1.93. The molecule has 158 valence electrons. The first kappa shape index (κ1) is 25.1. The van der Waals surface area contributed by atoms with Crippen LogP contribution in [0.5, 0.6) is 0 Å². The Balaban J connectivity index is 0.00000210. The first-order valence-electron chi connectivity index (χ1n) is 8.95. The van der Waals surface area contributed by atoms with Gasteiger partial charge < -0.3 is 11.1 Å². The average Bonchev–Trinajstić information content (AvgIpc) is 3.25. The number of amides is 1. The van der Waals surface area contributed by atoms with E-state index in [0.717, 1.165) is 16.1 Å². The van der Waals surface area contributed by atoms with Gasteiger partial charge >= 0.3 is 0 Å². The summed E-state index contributed by atoms with van der Waals surface area (Å²) < 4.78 is 1.72. The SMILES string of the molecule is Cc1nc(-c2cnn(C)c2)sc1C(=O)NCC(N)c1ccc(C(C)C)cc1.Cl.Cl. The topological polar surface area (TPSA) is 85.8 Å². The fourth-order valence-corrected chi connectivity index (χ4v) is 3.75. The zero-order chi connectivity index (χ0) is 19.6. The predicted molar refractivity (Wildman–Crippen MR) is 123 cm³/mol. The maximum Gasteiger partial charge on any atom is 0.263 e. The number of nitrogens with one attached hydrogen (secondary N) is 1. The van der Waals surface area contributed by atoms with Crippen molar-refractivity contribution in [3.8, 4) is 10.6 Å². The Bertz CT molecular complexity index is 937. The van der Waals surface area contributed by atoms with Gasteiger partial charge in [0.05, 0.1) is 11.9 Å². The highest BCUT2D eigenvalue weighted by atomic mass is 35.5. The van der Waals surface area contributed by atoms with Gasteiger partial charge in [-0.3, -0.25) is 9.48 Å². The third kappa shape index (κ3) is 6.02. The second-order valence-electron chi connectivity index (χ2n) is 6.97. The number of halogens is 2. The maximum atomic E-state index is 12.6. The van der Waals surface area contributed by atoms with Crippen LogP contribution in [0.3, 0.4) is 0 Å². The second-order valence-corrected chi connectivity index (χ2v) is 7.97. The van der Waals surface area contributed by atoms with Crippen LogP contribution in [-0.4, -0.2) is 27.2 Å². The van der Waals surface area contributed by atoms with Gasteiger partial charge in [0.15, 0.2) is 0 Å². The minimum absolute atomic E-state index is 0. The monoisotopic (exact) mass is 455 g/mol. The Morgan fingerprint density at radius 1 is 1.21 bits per heavy atom. The molecule has 0 saturated heterocycles. The molecule has 3 N–H and O–H groups in total. The number of hydrogen-bond acceptors (Lipinski definition) is 5. The molecule has 0 bridgehead atoms. The number of rotatable bonds is 6. The number of nitrogens with two attached hydrogens (primary N) is 1. The lowest BCUT2D eigenvalue weighted by Crippen LogP contribution is -2.31. The van der Waals surface area contributed by atoms with Gasteiger partial charge in [0, 0.05) is 31.4 Å². The van der Waals surface area contributed by atoms with E-state index in [9.17, 15) is 4.79 Å². The molecule has 0 aliphatic heterocycles. The Morgan fingerprint density at radius 3 is 2.38 bits per heavy atom. The van der Waals surface area contributed by atoms with Gasteiger partial charge in [-0.05, 0) is 24.0 Å². The average molecular weight is 456 g/mol. The van der Waals surface area contributed by atoms with Gasteiger partial charge in [-0.15, -0.1) is 36.2 Å². The lowest BCUT2D eigenvalue weighted by Gasteiger charge is -2.14. The molecule has 6 nitrogen and oxygen atoms in total. The first-order valence-corrected chi connectivity index (χ1v) is 9.77. The van der Waals surface area contributed by atoms with Crippen LogP contribution < -0.4 is 11.1 Å². The van der Waals surface area contributed by atoms with Gasteiger partial charge in [0.25, 0.3) is 5.91 Å². The van der Waals surface area contributed by atoms with E-state index in [1.807, 2.05) is 32.3 Å². The molecule has 1 amide bonds. The first-order chi connectivity index (χ1) is 12.8. The Morgan fingerprint density at radius 2 is 1.83 bits per heavy atom. The number of thiazole rings is 1. The summed E-state index contributed by atoms with van der Waals surface area (Å²) in [4.78, 5) is 17.7. The highest BCUT2D eigenvalue weighted by Crippen LogP contribution is 2.27. The summed E-state index contributed by atoms with van der Waals surface area (Å²) in [7, 11) is 1.85. The molecule has 0 saturated carbocycles. The smallest absolute Gasteiger partial charge is 0.263 e. The number of carbonyl (C=O) groups is 1. The Labute approximate surface area is 187 Å². The van der Waals surface area contributed by atoms with Crippen LogP contribution in [0.1, 0.15) is 52.3 Å². The molecule has 1 aromatic carbocycles. The molecule has 2 heterocycles. The summed E-state index contributed by atoms with van der Waals surface area (Å²) >= 11 is 1.37. The highest BCUT2D eigenvalue weighted by Gasteiger charge is 2.18. The third-order valence-electron chi connectivity index (χ3n) is 4.47. The maximum absolute atomic E-state index is 12.6. The van der Waals surface area contributed by atoms with Crippen molar-refractivity contribution in [3.63, 3.8) is 0 Å². The van der Waals surface area contributed by atoms with Crippen molar-refractivity contribution in [1.29, 1.82) is 0 Å². The zero-order valence-corrected chi connectivity index (χ0v) is 19.3. The molecule has 1 atom stereocenters. The van der Waals surface area contributed by atoms with Crippen LogP contribution >= 0.6 is 36.2 Å². The highest BCUT2D eigenvalue weighted by molar-refractivity contribution is 7.17. The van der Waals surface area contributed by atoms with Gasteiger partial charge in [-0.2, -0.15) is 5.10 Å². The molecule has 0 aliphatic carbocycles. The molecule has 0 fully saturated rings. The van der Waals surface area contributed by atoms with E-state index in [1.165, 1.54) is 16.9 Å². The molecule has 3 rings (SSSR count). The van der Waals surface area contributed by atoms with Crippen molar-refractivity contribution in [3.05, 3.63) is 58.4 Å². The van der Waals surface area contributed by atoms with E-state index in [0.29, 0.717) is 23.0 Å². The number of benzene rings is 1. The zero-order valence-electron chi connectivity index (χ0n) is 16.9. The normalized spacial score (nSPS) is 11.5. The predicted octanol–water partition coefficient (Wildman–Crippen LogP) is 4.25. The minimum Gasteiger partial charge on any atom is -0.349 e. The molecule has 3 aromatic rings. The molecule has 0 aliphatic rings. The molecule has 2 aromatic heterocycles. The molecule has 29 heavy (non-hydrogen) atoms. The molecule has 0 radical (unpaired) electrons. The van der Waals surface area contributed by atoms with Gasteiger partial charge in [0.2, 0.25) is 0 Å². The molecule has 9 heteroatoms. The molecule has 0 spiro atoms. The van der Waals surface area contributed by atoms with Gasteiger partial charge in [-0.25, -0.2) is 4.98 Å². The van der Waals surface area contributed by atoms with E-state index in [2.05, 4.69) is 41.4 Å². The van der Waals surface area contributed by atoms with Crippen molar-refractivity contribution in [2.24, 2.45) is 12.8 Å². The summed E-state index contributed by atoms with van der Waals surface area (Å²) in [5, 5.41) is 7.88. The lowest BCUT2D eigenvalue weighted by molar-refractivity contribution is 0.0954. The van der Waals surface area contributed by atoms with Crippen molar-refractivity contribution in [2.75, 3.05) is 6.54 Å². The van der Waals surface area contributed by atoms with E-state index >= 15 is 0 Å². The number of hydrogen-bond donors (Lipinski definition) is 2. The van der Waals surface area contributed by atoms with Gasteiger partial charge in [-0.1, -0.05) is 38.1 Å².